The second-order valence-electron chi connectivity index (χ2n) is 8.70. The molecule has 2 amide bonds. The lowest BCUT2D eigenvalue weighted by Crippen LogP contribution is -2.50. The number of likely N-dealkylation sites (N-methyl/N-ethyl adjacent to an activating group) is 1. The number of benzene rings is 2. The molecule has 34 heavy (non-hydrogen) atoms. The largest absolute Gasteiger partial charge is 0.481 e. The molecule has 2 N–H and O–H groups in total. The van der Waals surface area contributed by atoms with Crippen LogP contribution in [0, 0.1) is 0 Å². The molecule has 182 valence electrons. The van der Waals surface area contributed by atoms with Crippen LogP contribution in [0.5, 0.6) is 0 Å². The van der Waals surface area contributed by atoms with Crippen LogP contribution in [-0.2, 0) is 14.3 Å². The van der Waals surface area contributed by atoms with Gasteiger partial charge in [-0.25, -0.2) is 4.79 Å². The second kappa shape index (κ2) is 11.7. The molecule has 1 unspecified atom stereocenters. The summed E-state index contributed by atoms with van der Waals surface area (Å²) < 4.78 is 5.51. The third kappa shape index (κ3) is 6.14. The number of nitrogens with one attached hydrogen (secondary N) is 1. The number of carboxylic acid groups (broad SMARTS) is 1. The first-order valence-corrected chi connectivity index (χ1v) is 11.6. The highest BCUT2D eigenvalue weighted by molar-refractivity contribution is 5.89. The smallest absolute Gasteiger partial charge is 0.407 e. The minimum Gasteiger partial charge on any atom is -0.481 e. The van der Waals surface area contributed by atoms with E-state index in [4.69, 9.17) is 4.74 Å². The van der Waals surface area contributed by atoms with Gasteiger partial charge in [-0.15, -0.1) is 0 Å². The van der Waals surface area contributed by atoms with Gasteiger partial charge in [-0.1, -0.05) is 48.5 Å². The number of carbonyl (C=O) groups excluding carboxylic acids is 2. The zero-order chi connectivity index (χ0) is 24.7. The van der Waals surface area contributed by atoms with Crippen molar-refractivity contribution in [3.05, 3.63) is 59.7 Å². The fraction of sp³-hybridized carbons (Fsp3) is 0.423. The maximum absolute atomic E-state index is 13.0. The quantitative estimate of drug-likeness (QED) is 0.527. The molecule has 0 saturated heterocycles. The van der Waals surface area contributed by atoms with Gasteiger partial charge in [-0.3, -0.25) is 9.59 Å². The van der Waals surface area contributed by atoms with Gasteiger partial charge in [0.05, 0.1) is 6.42 Å². The van der Waals surface area contributed by atoms with Crippen LogP contribution in [0.25, 0.3) is 11.1 Å². The maximum atomic E-state index is 13.0. The van der Waals surface area contributed by atoms with Crippen LogP contribution in [0.1, 0.15) is 36.8 Å². The van der Waals surface area contributed by atoms with Crippen LogP contribution < -0.4 is 5.32 Å². The van der Waals surface area contributed by atoms with Gasteiger partial charge < -0.3 is 25.0 Å². The number of hydrogen-bond donors (Lipinski definition) is 2. The lowest BCUT2D eigenvalue weighted by atomic mass is 9.98. The Morgan fingerprint density at radius 3 is 2.12 bits per heavy atom. The molecule has 1 atom stereocenters. The van der Waals surface area contributed by atoms with E-state index in [1.54, 1.807) is 4.90 Å². The zero-order valence-electron chi connectivity index (χ0n) is 20.0. The molecule has 2 aromatic carbocycles. The Balaban J connectivity index is 1.65. The standard InChI is InChI=1S/C26H33N3O5/c1-4-29(15-9-14-28(2)3)25(32)23(16-24(30)31)27-26(33)34-17-22-20-12-7-5-10-18(20)19-11-6-8-13-21(19)22/h5-8,10-13,22-23H,4,9,14-17H2,1-3H3,(H,27,33)(H,30,31). The molecule has 0 fully saturated rings. The molecule has 0 aromatic heterocycles. The van der Waals surface area contributed by atoms with Crippen molar-refractivity contribution in [3.8, 4) is 11.1 Å². The number of amides is 2. The fourth-order valence-electron chi connectivity index (χ4n) is 4.38. The molecule has 0 spiro atoms. The second-order valence-corrected chi connectivity index (χ2v) is 8.70. The van der Waals surface area contributed by atoms with Gasteiger partial charge in [-0.05, 0) is 56.2 Å². The summed E-state index contributed by atoms with van der Waals surface area (Å²) in [4.78, 5) is 40.6. The summed E-state index contributed by atoms with van der Waals surface area (Å²) in [6.45, 7) is 3.63. The lowest BCUT2D eigenvalue weighted by molar-refractivity contribution is -0.142. The first kappa shape index (κ1) is 25.2. The summed E-state index contributed by atoms with van der Waals surface area (Å²) in [5.74, 6) is -1.70. The molecule has 0 aliphatic heterocycles. The van der Waals surface area contributed by atoms with Crippen LogP contribution >= 0.6 is 0 Å². The Kier molecular flexibility index (Phi) is 8.65. The summed E-state index contributed by atoms with van der Waals surface area (Å²) in [5.41, 5.74) is 4.38. The Hall–Kier alpha value is -3.39. The van der Waals surface area contributed by atoms with Crippen molar-refractivity contribution in [2.75, 3.05) is 40.3 Å². The van der Waals surface area contributed by atoms with Crippen LogP contribution in [0.3, 0.4) is 0 Å². The number of ether oxygens (including phenoxy) is 1. The van der Waals surface area contributed by atoms with Gasteiger partial charge in [0, 0.05) is 19.0 Å². The minimum absolute atomic E-state index is 0.0914. The molecule has 3 rings (SSSR count). The SMILES string of the molecule is CCN(CCCN(C)C)C(=O)C(CC(=O)O)NC(=O)OCC1c2ccccc2-c2ccccc21. The van der Waals surface area contributed by atoms with Gasteiger partial charge >= 0.3 is 12.1 Å². The van der Waals surface area contributed by atoms with Crippen LogP contribution in [0.15, 0.2) is 48.5 Å². The van der Waals surface area contributed by atoms with Crippen molar-refractivity contribution in [1.29, 1.82) is 0 Å². The predicted octanol–water partition coefficient (Wildman–Crippen LogP) is 3.17. The van der Waals surface area contributed by atoms with E-state index in [1.165, 1.54) is 0 Å². The van der Waals surface area contributed by atoms with Crippen LogP contribution in [0.2, 0.25) is 0 Å². The molecular weight excluding hydrogens is 434 g/mol. The van der Waals surface area contributed by atoms with Gasteiger partial charge in [-0.2, -0.15) is 0 Å². The van der Waals surface area contributed by atoms with Crippen molar-refractivity contribution in [1.82, 2.24) is 15.1 Å². The molecule has 0 radical (unpaired) electrons. The van der Waals surface area contributed by atoms with E-state index < -0.39 is 30.4 Å². The molecule has 8 heteroatoms. The van der Waals surface area contributed by atoms with Crippen molar-refractivity contribution < 1.29 is 24.2 Å². The molecule has 0 bridgehead atoms. The van der Waals surface area contributed by atoms with E-state index in [0.717, 1.165) is 35.2 Å². The maximum Gasteiger partial charge on any atom is 0.407 e. The molecular formula is C26H33N3O5. The van der Waals surface area contributed by atoms with Gasteiger partial charge in [0.2, 0.25) is 5.91 Å². The molecule has 1 aliphatic rings. The van der Waals surface area contributed by atoms with E-state index in [9.17, 15) is 19.5 Å². The molecule has 2 aromatic rings. The molecule has 0 saturated carbocycles. The summed E-state index contributed by atoms with van der Waals surface area (Å²) >= 11 is 0. The van der Waals surface area contributed by atoms with Gasteiger partial charge in [0.25, 0.3) is 0 Å². The Morgan fingerprint density at radius 2 is 1.59 bits per heavy atom. The average molecular weight is 468 g/mol. The summed E-state index contributed by atoms with van der Waals surface area (Å²) in [5, 5.41) is 11.8. The monoisotopic (exact) mass is 467 g/mol. The van der Waals surface area contributed by atoms with Crippen LogP contribution in [-0.4, -0.2) is 79.3 Å². The average Bonchev–Trinajstić information content (AvgIpc) is 3.13. The summed E-state index contributed by atoms with van der Waals surface area (Å²) in [7, 11) is 3.90. The number of hydrogen-bond acceptors (Lipinski definition) is 5. The van der Waals surface area contributed by atoms with Crippen molar-refractivity contribution >= 4 is 18.0 Å². The number of fused-ring (bicyclic) bond motifs is 3. The van der Waals surface area contributed by atoms with Gasteiger partial charge in [0.15, 0.2) is 0 Å². The van der Waals surface area contributed by atoms with Gasteiger partial charge in [0.1, 0.15) is 12.6 Å². The first-order valence-electron chi connectivity index (χ1n) is 11.6. The fourth-order valence-corrected chi connectivity index (χ4v) is 4.38. The zero-order valence-corrected chi connectivity index (χ0v) is 20.0. The number of rotatable bonds is 11. The van der Waals surface area contributed by atoms with E-state index in [-0.39, 0.29) is 12.5 Å². The Bertz CT molecular complexity index is 978. The number of aliphatic carboxylic acids is 1. The van der Waals surface area contributed by atoms with E-state index in [1.807, 2.05) is 74.4 Å². The number of alkyl carbamates (subject to hydrolysis) is 1. The minimum atomic E-state index is -1.19. The number of carboxylic acids is 1. The molecule has 0 heterocycles. The topological polar surface area (TPSA) is 99.2 Å². The third-order valence-corrected chi connectivity index (χ3v) is 6.04. The van der Waals surface area contributed by atoms with E-state index >= 15 is 0 Å². The predicted molar refractivity (Wildman–Crippen MR) is 130 cm³/mol. The van der Waals surface area contributed by atoms with E-state index in [0.29, 0.717) is 13.1 Å². The van der Waals surface area contributed by atoms with Crippen molar-refractivity contribution in [3.63, 3.8) is 0 Å². The highest BCUT2D eigenvalue weighted by atomic mass is 16.5. The highest BCUT2D eigenvalue weighted by Gasteiger charge is 2.31. The third-order valence-electron chi connectivity index (χ3n) is 6.04. The van der Waals surface area contributed by atoms with Crippen molar-refractivity contribution in [2.45, 2.75) is 31.7 Å². The normalized spacial score (nSPS) is 13.2. The lowest BCUT2D eigenvalue weighted by Gasteiger charge is -2.26. The Morgan fingerprint density at radius 1 is 1.00 bits per heavy atom. The molecule has 8 nitrogen and oxygen atoms in total. The number of carbonyl (C=O) groups is 3. The first-order chi connectivity index (χ1) is 16.3. The van der Waals surface area contributed by atoms with Crippen molar-refractivity contribution in [2.24, 2.45) is 0 Å². The summed E-state index contributed by atoms with van der Waals surface area (Å²) in [6, 6.07) is 14.8. The summed E-state index contributed by atoms with van der Waals surface area (Å²) in [6.07, 6.45) is -0.560. The highest BCUT2D eigenvalue weighted by Crippen LogP contribution is 2.44. The number of nitrogens with zero attached hydrogens (tertiary/aromatic N) is 2. The van der Waals surface area contributed by atoms with E-state index in [2.05, 4.69) is 5.32 Å². The van der Waals surface area contributed by atoms with Crippen LogP contribution in [0.4, 0.5) is 4.79 Å². The molecule has 1 aliphatic carbocycles. The Labute approximate surface area is 200 Å².